The summed E-state index contributed by atoms with van der Waals surface area (Å²) >= 11 is 0. The van der Waals surface area contributed by atoms with Crippen LogP contribution in [0.4, 0.5) is 13.2 Å². The lowest BCUT2D eigenvalue weighted by Gasteiger charge is -2.35. The molecule has 1 aromatic heterocycles. The summed E-state index contributed by atoms with van der Waals surface area (Å²) in [5, 5.41) is 13.6. The van der Waals surface area contributed by atoms with Crippen LogP contribution in [0.3, 0.4) is 0 Å². The van der Waals surface area contributed by atoms with Crippen molar-refractivity contribution >= 4 is 11.8 Å². The molecular formula is C19H21F3N4O3. The zero-order valence-corrected chi connectivity index (χ0v) is 16.0. The lowest BCUT2D eigenvalue weighted by molar-refractivity contribution is -0.145. The number of hydrogen-bond donors (Lipinski definition) is 1. The van der Waals surface area contributed by atoms with Crippen molar-refractivity contribution in [1.29, 1.82) is 0 Å². The molecule has 1 aromatic carbocycles. The van der Waals surface area contributed by atoms with E-state index < -0.39 is 29.4 Å². The summed E-state index contributed by atoms with van der Waals surface area (Å²) in [7, 11) is 0. The van der Waals surface area contributed by atoms with Crippen LogP contribution in [0.25, 0.3) is 0 Å². The number of hydrogen-bond acceptors (Lipinski definition) is 4. The van der Waals surface area contributed by atoms with E-state index >= 15 is 0 Å². The third-order valence-electron chi connectivity index (χ3n) is 4.77. The molecule has 29 heavy (non-hydrogen) atoms. The lowest BCUT2D eigenvalue weighted by atomic mass is 10.1. The number of carbonyl (C=O) groups is 2. The van der Waals surface area contributed by atoms with Crippen molar-refractivity contribution in [2.45, 2.75) is 26.1 Å². The zero-order valence-electron chi connectivity index (χ0n) is 16.0. The van der Waals surface area contributed by atoms with Gasteiger partial charge in [0.05, 0.1) is 17.3 Å². The fourth-order valence-electron chi connectivity index (χ4n) is 3.30. The Labute approximate surface area is 165 Å². The van der Waals surface area contributed by atoms with Crippen molar-refractivity contribution in [1.82, 2.24) is 19.6 Å². The number of para-hydroxylation sites is 1. The van der Waals surface area contributed by atoms with Gasteiger partial charge in [-0.2, -0.15) is 18.3 Å². The smallest absolute Gasteiger partial charge is 0.433 e. The normalized spacial score (nSPS) is 15.1. The van der Waals surface area contributed by atoms with Crippen molar-refractivity contribution in [2.24, 2.45) is 0 Å². The van der Waals surface area contributed by atoms with Gasteiger partial charge in [0.1, 0.15) is 5.75 Å². The molecule has 1 fully saturated rings. The first-order valence-corrected chi connectivity index (χ1v) is 9.12. The minimum absolute atomic E-state index is 0.0856. The number of benzene rings is 1. The van der Waals surface area contributed by atoms with Crippen LogP contribution in [0, 0.1) is 0 Å². The summed E-state index contributed by atoms with van der Waals surface area (Å²) < 4.78 is 41.3. The molecule has 0 bridgehead atoms. The number of carbonyl (C=O) groups excluding carboxylic acids is 2. The van der Waals surface area contributed by atoms with Gasteiger partial charge in [0.15, 0.2) is 5.69 Å². The van der Waals surface area contributed by atoms with E-state index in [0.29, 0.717) is 0 Å². The van der Waals surface area contributed by atoms with E-state index in [1.54, 1.807) is 26.0 Å². The molecule has 156 valence electrons. The van der Waals surface area contributed by atoms with Crippen LogP contribution < -0.4 is 0 Å². The standard InChI is InChI=1S/C19H21F3N4O3/c1-12(2)26-16(19(20,21)22)14(11-23-26)18(29)25-9-7-24(8-10-25)17(28)13-5-3-4-6-15(13)27/h3-6,11-12,27H,7-10H2,1-2H3. The first-order chi connectivity index (χ1) is 13.6. The van der Waals surface area contributed by atoms with Gasteiger partial charge < -0.3 is 14.9 Å². The Balaban J connectivity index is 1.74. The summed E-state index contributed by atoms with van der Waals surface area (Å²) in [6, 6.07) is 5.56. The highest BCUT2D eigenvalue weighted by atomic mass is 19.4. The topological polar surface area (TPSA) is 78.7 Å². The number of nitrogens with zero attached hydrogens (tertiary/aromatic N) is 4. The van der Waals surface area contributed by atoms with Crippen molar-refractivity contribution in [3.63, 3.8) is 0 Å². The van der Waals surface area contributed by atoms with Gasteiger partial charge in [-0.1, -0.05) is 12.1 Å². The first kappa shape index (κ1) is 20.7. The summed E-state index contributed by atoms with van der Waals surface area (Å²) in [6.45, 7) is 3.58. The molecule has 0 atom stereocenters. The number of phenolic OH excluding ortho intramolecular Hbond substituents is 1. The van der Waals surface area contributed by atoms with E-state index in [2.05, 4.69) is 5.10 Å². The first-order valence-electron chi connectivity index (χ1n) is 9.12. The van der Waals surface area contributed by atoms with Crippen LogP contribution in [0.5, 0.6) is 5.75 Å². The molecule has 1 saturated heterocycles. The van der Waals surface area contributed by atoms with E-state index in [9.17, 15) is 27.9 Å². The molecule has 0 unspecified atom stereocenters. The molecule has 7 nitrogen and oxygen atoms in total. The molecule has 2 aromatic rings. The average Bonchev–Trinajstić information content (AvgIpc) is 3.13. The van der Waals surface area contributed by atoms with Gasteiger partial charge in [-0.3, -0.25) is 14.3 Å². The molecule has 0 radical (unpaired) electrons. The largest absolute Gasteiger partial charge is 0.507 e. The maximum atomic E-state index is 13.5. The van der Waals surface area contributed by atoms with Crippen LogP contribution in [0.15, 0.2) is 30.5 Å². The highest BCUT2D eigenvalue weighted by Gasteiger charge is 2.42. The van der Waals surface area contributed by atoms with E-state index in [4.69, 9.17) is 0 Å². The summed E-state index contributed by atoms with van der Waals surface area (Å²) in [5.41, 5.74) is -1.42. The van der Waals surface area contributed by atoms with Gasteiger partial charge in [0, 0.05) is 32.2 Å². The number of phenols is 1. The average molecular weight is 410 g/mol. The van der Waals surface area contributed by atoms with E-state index in [-0.39, 0.29) is 43.4 Å². The van der Waals surface area contributed by atoms with Gasteiger partial charge in [-0.05, 0) is 26.0 Å². The zero-order chi connectivity index (χ0) is 21.3. The number of alkyl halides is 3. The van der Waals surface area contributed by atoms with Gasteiger partial charge in [0.25, 0.3) is 11.8 Å². The highest BCUT2D eigenvalue weighted by Crippen LogP contribution is 2.34. The fraction of sp³-hybridized carbons (Fsp3) is 0.421. The minimum atomic E-state index is -4.71. The molecule has 2 heterocycles. The third kappa shape index (κ3) is 4.06. The molecular weight excluding hydrogens is 389 g/mol. The quantitative estimate of drug-likeness (QED) is 0.844. The predicted octanol–water partition coefficient (Wildman–Crippen LogP) is 2.79. The SMILES string of the molecule is CC(C)n1ncc(C(=O)N2CCN(C(=O)c3ccccc3O)CC2)c1C(F)(F)F. The summed E-state index contributed by atoms with van der Waals surface area (Å²) in [6.07, 6.45) is -3.76. The Morgan fingerprint density at radius 2 is 1.52 bits per heavy atom. The number of piperazine rings is 1. The Bertz CT molecular complexity index is 916. The lowest BCUT2D eigenvalue weighted by Crippen LogP contribution is -2.50. The maximum Gasteiger partial charge on any atom is 0.433 e. The number of amides is 2. The van der Waals surface area contributed by atoms with Crippen molar-refractivity contribution in [2.75, 3.05) is 26.2 Å². The molecule has 1 aliphatic rings. The van der Waals surface area contributed by atoms with Gasteiger partial charge in [0.2, 0.25) is 0 Å². The minimum Gasteiger partial charge on any atom is -0.507 e. The fourth-order valence-corrected chi connectivity index (χ4v) is 3.30. The molecule has 1 aliphatic heterocycles. The van der Waals surface area contributed by atoms with Gasteiger partial charge >= 0.3 is 6.18 Å². The van der Waals surface area contributed by atoms with Gasteiger partial charge in [-0.15, -0.1) is 0 Å². The highest BCUT2D eigenvalue weighted by molar-refractivity contribution is 5.98. The molecule has 0 aliphatic carbocycles. The Morgan fingerprint density at radius 3 is 2.00 bits per heavy atom. The second-order valence-corrected chi connectivity index (χ2v) is 7.04. The van der Waals surface area contributed by atoms with Gasteiger partial charge in [-0.25, -0.2) is 0 Å². The van der Waals surface area contributed by atoms with Crippen LogP contribution in [-0.2, 0) is 6.18 Å². The number of halogens is 3. The van der Waals surface area contributed by atoms with Crippen molar-refractivity contribution < 1.29 is 27.9 Å². The third-order valence-corrected chi connectivity index (χ3v) is 4.77. The number of rotatable bonds is 3. The van der Waals surface area contributed by atoms with E-state index in [0.717, 1.165) is 10.9 Å². The van der Waals surface area contributed by atoms with E-state index in [1.165, 1.54) is 21.9 Å². The summed E-state index contributed by atoms with van der Waals surface area (Å²) in [4.78, 5) is 28.0. The number of aromatic nitrogens is 2. The molecule has 10 heteroatoms. The van der Waals surface area contributed by atoms with Crippen LogP contribution in [-0.4, -0.2) is 62.7 Å². The Hall–Kier alpha value is -3.04. The monoisotopic (exact) mass is 410 g/mol. The maximum absolute atomic E-state index is 13.5. The number of aromatic hydroxyl groups is 1. The molecule has 2 amide bonds. The molecule has 1 N–H and O–H groups in total. The van der Waals surface area contributed by atoms with Crippen molar-refractivity contribution in [3.05, 3.63) is 47.3 Å². The molecule has 0 spiro atoms. The summed E-state index contributed by atoms with van der Waals surface area (Å²) in [5.74, 6) is -1.30. The predicted molar refractivity (Wildman–Crippen MR) is 97.5 cm³/mol. The van der Waals surface area contributed by atoms with E-state index in [1.807, 2.05) is 0 Å². The Kier molecular flexibility index (Phi) is 5.54. The second-order valence-electron chi connectivity index (χ2n) is 7.04. The molecule has 0 saturated carbocycles. The van der Waals surface area contributed by atoms with Crippen LogP contribution in [0.1, 0.15) is 46.3 Å². The molecule has 3 rings (SSSR count). The van der Waals surface area contributed by atoms with Crippen LogP contribution >= 0.6 is 0 Å². The second kappa shape index (κ2) is 7.76. The Morgan fingerprint density at radius 1 is 1.00 bits per heavy atom. The van der Waals surface area contributed by atoms with Crippen molar-refractivity contribution in [3.8, 4) is 5.75 Å². The van der Waals surface area contributed by atoms with Crippen LogP contribution in [0.2, 0.25) is 0 Å².